The van der Waals surface area contributed by atoms with Gasteiger partial charge in [-0.2, -0.15) is 0 Å². The predicted octanol–water partition coefficient (Wildman–Crippen LogP) is 1.52. The third-order valence-electron chi connectivity index (χ3n) is 5.50. The minimum atomic E-state index is -0.558. The fraction of sp³-hybridized carbons (Fsp3) is 0.471. The van der Waals surface area contributed by atoms with Crippen LogP contribution in [0.25, 0.3) is 0 Å². The van der Waals surface area contributed by atoms with E-state index in [1.165, 1.54) is 24.3 Å². The molecule has 0 spiro atoms. The van der Waals surface area contributed by atoms with Gasteiger partial charge < -0.3 is 9.47 Å². The van der Waals surface area contributed by atoms with Crippen molar-refractivity contribution in [1.29, 1.82) is 0 Å². The molecule has 4 rings (SSSR count). The van der Waals surface area contributed by atoms with Gasteiger partial charge in [-0.3, -0.25) is 24.5 Å². The number of non-ortho nitro benzene ring substituents is 1. The number of hydrogen-bond donors (Lipinski definition) is 0. The first-order valence-corrected chi connectivity index (χ1v) is 8.10. The Morgan fingerprint density at radius 1 is 1.24 bits per heavy atom. The Hall–Kier alpha value is -2.77. The Labute approximate surface area is 142 Å². The summed E-state index contributed by atoms with van der Waals surface area (Å²) in [5.41, 5.74) is 0.108. The number of carbonyl (C=O) groups excluding carboxylic acids is 3. The topological polar surface area (TPSA) is 113 Å². The lowest BCUT2D eigenvalue weighted by molar-refractivity contribution is -0.384. The first kappa shape index (κ1) is 15.7. The van der Waals surface area contributed by atoms with Crippen LogP contribution in [0.1, 0.15) is 23.2 Å². The minimum Gasteiger partial charge on any atom is -0.462 e. The second-order valence-electron chi connectivity index (χ2n) is 6.76. The maximum atomic E-state index is 12.4. The molecule has 2 aliphatic carbocycles. The first-order chi connectivity index (χ1) is 12.0. The van der Waals surface area contributed by atoms with E-state index in [0.29, 0.717) is 6.42 Å². The number of fused-ring (bicyclic) bond motifs is 1. The van der Waals surface area contributed by atoms with Crippen LogP contribution in [0.4, 0.5) is 5.69 Å². The Morgan fingerprint density at radius 2 is 1.96 bits per heavy atom. The number of esters is 2. The highest BCUT2D eigenvalue weighted by molar-refractivity contribution is 5.98. The Morgan fingerprint density at radius 3 is 2.64 bits per heavy atom. The normalized spacial score (nSPS) is 31.7. The molecule has 1 aromatic rings. The summed E-state index contributed by atoms with van der Waals surface area (Å²) in [6.07, 6.45) is 1.41. The molecule has 8 nitrogen and oxygen atoms in total. The van der Waals surface area contributed by atoms with Crippen molar-refractivity contribution in [3.05, 3.63) is 39.9 Å². The SMILES string of the molecule is O=C(COC(=O)[C@@H]1[C@@H]2C[C@@H]3[C@H]1C(=O)O[C@H]3C2)c1ccc([N+](=O)[O-])cc1. The molecule has 3 fully saturated rings. The first-order valence-electron chi connectivity index (χ1n) is 8.10. The second kappa shape index (κ2) is 5.65. The van der Waals surface area contributed by atoms with E-state index in [0.717, 1.165) is 6.42 Å². The molecule has 5 atom stereocenters. The van der Waals surface area contributed by atoms with Gasteiger partial charge in [0.2, 0.25) is 0 Å². The fourth-order valence-electron chi connectivity index (χ4n) is 4.41. The van der Waals surface area contributed by atoms with Gasteiger partial charge in [0, 0.05) is 23.6 Å². The van der Waals surface area contributed by atoms with E-state index in [4.69, 9.17) is 9.47 Å². The molecule has 1 aromatic carbocycles. The highest BCUT2D eigenvalue weighted by Gasteiger charge is 2.64. The van der Waals surface area contributed by atoms with E-state index < -0.39 is 35.1 Å². The highest BCUT2D eigenvalue weighted by Crippen LogP contribution is 2.57. The third kappa shape index (κ3) is 2.48. The van der Waals surface area contributed by atoms with Gasteiger partial charge in [0.1, 0.15) is 6.10 Å². The summed E-state index contributed by atoms with van der Waals surface area (Å²) < 4.78 is 10.4. The molecule has 1 heterocycles. The standard InChI is InChI=1S/C17H15NO7/c19-12(8-1-3-10(4-2-8)18(22)23)7-24-16(20)14-9-5-11-13(6-9)25-17(21)15(11)14/h1-4,9,11,13-15H,5-7H2/t9-,11+,13+,14-,15-/m1/s1. The molecular weight excluding hydrogens is 330 g/mol. The van der Waals surface area contributed by atoms with Crippen LogP contribution in [0.2, 0.25) is 0 Å². The average molecular weight is 345 g/mol. The lowest BCUT2D eigenvalue weighted by atomic mass is 9.80. The van der Waals surface area contributed by atoms with E-state index in [-0.39, 0.29) is 35.2 Å². The molecule has 3 aliphatic rings. The van der Waals surface area contributed by atoms with Crippen molar-refractivity contribution in [3.63, 3.8) is 0 Å². The van der Waals surface area contributed by atoms with Crippen LogP contribution < -0.4 is 0 Å². The number of nitro groups is 1. The summed E-state index contributed by atoms with van der Waals surface area (Å²) in [5, 5.41) is 10.6. The Bertz CT molecular complexity index is 770. The van der Waals surface area contributed by atoms with Gasteiger partial charge in [0.15, 0.2) is 12.4 Å². The fourth-order valence-corrected chi connectivity index (χ4v) is 4.41. The van der Waals surface area contributed by atoms with Crippen molar-refractivity contribution in [2.24, 2.45) is 23.7 Å². The summed E-state index contributed by atoms with van der Waals surface area (Å²) in [7, 11) is 0. The van der Waals surface area contributed by atoms with E-state index >= 15 is 0 Å². The van der Waals surface area contributed by atoms with Crippen LogP contribution in [0.5, 0.6) is 0 Å². The molecule has 0 radical (unpaired) electrons. The van der Waals surface area contributed by atoms with Gasteiger partial charge in [-0.25, -0.2) is 0 Å². The molecule has 8 heteroatoms. The monoisotopic (exact) mass is 345 g/mol. The molecule has 1 aliphatic heterocycles. The van der Waals surface area contributed by atoms with Gasteiger partial charge in [0.05, 0.1) is 16.8 Å². The summed E-state index contributed by atoms with van der Waals surface area (Å²) in [6, 6.07) is 5.09. The molecule has 2 saturated carbocycles. The van der Waals surface area contributed by atoms with Crippen LogP contribution in [-0.2, 0) is 19.1 Å². The zero-order chi connectivity index (χ0) is 17.7. The summed E-state index contributed by atoms with van der Waals surface area (Å²) in [5.74, 6) is -2.11. The number of ketones is 1. The van der Waals surface area contributed by atoms with Crippen LogP contribution >= 0.6 is 0 Å². The Balaban J connectivity index is 1.38. The number of nitrogens with zero attached hydrogens (tertiary/aromatic N) is 1. The van der Waals surface area contributed by atoms with Gasteiger partial charge in [-0.15, -0.1) is 0 Å². The lowest BCUT2D eigenvalue weighted by Gasteiger charge is -2.22. The minimum absolute atomic E-state index is 0.0618. The van der Waals surface area contributed by atoms with Gasteiger partial charge >= 0.3 is 11.9 Å². The van der Waals surface area contributed by atoms with Crippen molar-refractivity contribution in [1.82, 2.24) is 0 Å². The number of ether oxygens (including phenoxy) is 2. The summed E-state index contributed by atoms with van der Waals surface area (Å²) in [4.78, 5) is 46.4. The molecule has 130 valence electrons. The Kier molecular flexibility index (Phi) is 3.55. The number of hydrogen-bond acceptors (Lipinski definition) is 7. The molecule has 0 N–H and O–H groups in total. The van der Waals surface area contributed by atoms with Gasteiger partial charge in [-0.05, 0) is 30.9 Å². The third-order valence-corrected chi connectivity index (χ3v) is 5.50. The van der Waals surface area contributed by atoms with Gasteiger partial charge in [0.25, 0.3) is 5.69 Å². The molecule has 1 saturated heterocycles. The maximum absolute atomic E-state index is 12.4. The van der Waals surface area contributed by atoms with Crippen LogP contribution in [0.3, 0.4) is 0 Å². The number of Topliss-reactive ketones (excluding diaryl/α,β-unsaturated/α-hetero) is 1. The van der Waals surface area contributed by atoms with E-state index in [9.17, 15) is 24.5 Å². The van der Waals surface area contributed by atoms with Crippen molar-refractivity contribution in [2.75, 3.05) is 6.61 Å². The van der Waals surface area contributed by atoms with Gasteiger partial charge in [-0.1, -0.05) is 0 Å². The van der Waals surface area contributed by atoms with Crippen molar-refractivity contribution < 1.29 is 28.8 Å². The molecule has 0 unspecified atom stereocenters. The smallest absolute Gasteiger partial charge is 0.310 e. The number of nitro benzene ring substituents is 1. The lowest BCUT2D eigenvalue weighted by Crippen LogP contribution is -2.34. The number of rotatable bonds is 5. The van der Waals surface area contributed by atoms with E-state index in [2.05, 4.69) is 0 Å². The largest absolute Gasteiger partial charge is 0.462 e. The number of carbonyl (C=O) groups is 3. The predicted molar refractivity (Wildman–Crippen MR) is 81.5 cm³/mol. The zero-order valence-corrected chi connectivity index (χ0v) is 13.1. The molecular formula is C17H15NO7. The summed E-state index contributed by atoms with van der Waals surface area (Å²) >= 11 is 0. The van der Waals surface area contributed by atoms with Crippen LogP contribution in [0, 0.1) is 33.8 Å². The molecule has 2 bridgehead atoms. The molecule has 25 heavy (non-hydrogen) atoms. The van der Waals surface area contributed by atoms with E-state index in [1.54, 1.807) is 0 Å². The molecule has 0 amide bonds. The highest BCUT2D eigenvalue weighted by atomic mass is 16.6. The zero-order valence-electron chi connectivity index (χ0n) is 13.1. The van der Waals surface area contributed by atoms with Crippen molar-refractivity contribution >= 4 is 23.4 Å². The van der Waals surface area contributed by atoms with Crippen LogP contribution in [0.15, 0.2) is 24.3 Å². The van der Waals surface area contributed by atoms with Crippen molar-refractivity contribution in [2.45, 2.75) is 18.9 Å². The second-order valence-corrected chi connectivity index (χ2v) is 6.76. The van der Waals surface area contributed by atoms with Crippen molar-refractivity contribution in [3.8, 4) is 0 Å². The maximum Gasteiger partial charge on any atom is 0.310 e. The average Bonchev–Trinajstić information content (AvgIpc) is 3.21. The van der Waals surface area contributed by atoms with E-state index in [1.807, 2.05) is 0 Å². The quantitative estimate of drug-likeness (QED) is 0.344. The number of benzene rings is 1. The molecule has 0 aromatic heterocycles. The summed E-state index contributed by atoms with van der Waals surface area (Å²) in [6.45, 7) is -0.449. The van der Waals surface area contributed by atoms with Crippen LogP contribution in [-0.4, -0.2) is 35.4 Å².